The lowest BCUT2D eigenvalue weighted by Gasteiger charge is -2.11. The van der Waals surface area contributed by atoms with Crippen molar-refractivity contribution in [2.45, 2.75) is 6.92 Å². The van der Waals surface area contributed by atoms with Gasteiger partial charge >= 0.3 is 0 Å². The summed E-state index contributed by atoms with van der Waals surface area (Å²) in [5.74, 6) is 0.251. The molecule has 0 atom stereocenters. The molecule has 4 nitrogen and oxygen atoms in total. The summed E-state index contributed by atoms with van der Waals surface area (Å²) in [4.78, 5) is 16.7. The van der Waals surface area contributed by atoms with E-state index in [4.69, 9.17) is 34.8 Å². The predicted octanol–water partition coefficient (Wildman–Crippen LogP) is 6.35. The fraction of sp³-hybridized carbons (Fsp3) is 0.0526. The molecular weight excluding hydrogens is 393 g/mol. The number of aromatic nitrogens is 1. The average molecular weight is 407 g/mol. The number of hydrogen-bond acceptors (Lipinski definition) is 3. The van der Waals surface area contributed by atoms with E-state index in [9.17, 15) is 4.79 Å². The quantitative estimate of drug-likeness (QED) is 0.531. The minimum absolute atomic E-state index is 0.231. The van der Waals surface area contributed by atoms with Crippen LogP contribution in [0.25, 0.3) is 0 Å². The van der Waals surface area contributed by atoms with E-state index in [2.05, 4.69) is 15.6 Å². The van der Waals surface area contributed by atoms with Gasteiger partial charge in [-0.3, -0.25) is 4.79 Å². The Morgan fingerprint density at radius 3 is 2.35 bits per heavy atom. The van der Waals surface area contributed by atoms with Crippen molar-refractivity contribution in [2.24, 2.45) is 0 Å². The summed E-state index contributed by atoms with van der Waals surface area (Å²) in [6.07, 6.45) is 1.55. The summed E-state index contributed by atoms with van der Waals surface area (Å²) in [6.45, 7) is 1.95. The van der Waals surface area contributed by atoms with Crippen LogP contribution in [0.2, 0.25) is 15.1 Å². The van der Waals surface area contributed by atoms with Crippen LogP contribution in [0, 0.1) is 6.92 Å². The number of aryl methyl sites for hydroxylation is 1. The van der Waals surface area contributed by atoms with E-state index in [0.717, 1.165) is 11.3 Å². The molecule has 0 unspecified atom stereocenters. The summed E-state index contributed by atoms with van der Waals surface area (Å²) < 4.78 is 0. The topological polar surface area (TPSA) is 54.0 Å². The zero-order valence-electron chi connectivity index (χ0n) is 13.7. The van der Waals surface area contributed by atoms with Gasteiger partial charge in [-0.1, -0.05) is 40.9 Å². The van der Waals surface area contributed by atoms with Crippen LogP contribution in [0.1, 0.15) is 15.9 Å². The minimum atomic E-state index is -0.392. The van der Waals surface area contributed by atoms with Crippen LogP contribution in [-0.4, -0.2) is 10.9 Å². The van der Waals surface area contributed by atoms with E-state index in [1.807, 2.05) is 19.1 Å². The van der Waals surface area contributed by atoms with Crippen LogP contribution in [0.15, 0.2) is 54.7 Å². The maximum atomic E-state index is 12.4. The third kappa shape index (κ3) is 4.28. The van der Waals surface area contributed by atoms with Gasteiger partial charge in [-0.05, 0) is 55.0 Å². The second-order valence-corrected chi connectivity index (χ2v) is 6.82. The van der Waals surface area contributed by atoms with Crippen LogP contribution < -0.4 is 10.6 Å². The van der Waals surface area contributed by atoms with Crippen LogP contribution in [0.4, 0.5) is 17.2 Å². The van der Waals surface area contributed by atoms with Crippen molar-refractivity contribution in [3.63, 3.8) is 0 Å². The Bertz CT molecular complexity index is 938. The summed E-state index contributed by atoms with van der Waals surface area (Å²) in [6, 6.07) is 14.0. The SMILES string of the molecule is Cc1cc(Cl)ccc1Nc1ccc(NC(=O)c2c(Cl)cccc2Cl)cn1. The van der Waals surface area contributed by atoms with E-state index >= 15 is 0 Å². The second kappa shape index (κ2) is 7.96. The van der Waals surface area contributed by atoms with Gasteiger partial charge in [-0.2, -0.15) is 0 Å². The summed E-state index contributed by atoms with van der Waals surface area (Å²) in [5, 5.41) is 7.20. The molecular formula is C19H14Cl3N3O. The molecule has 0 saturated carbocycles. The van der Waals surface area contributed by atoms with Gasteiger partial charge in [0.2, 0.25) is 0 Å². The molecule has 132 valence electrons. The molecule has 0 saturated heterocycles. The number of carbonyl (C=O) groups excluding carboxylic acids is 1. The van der Waals surface area contributed by atoms with Gasteiger partial charge in [0.05, 0.1) is 27.5 Å². The van der Waals surface area contributed by atoms with Gasteiger partial charge in [0.25, 0.3) is 5.91 Å². The smallest absolute Gasteiger partial charge is 0.258 e. The molecule has 26 heavy (non-hydrogen) atoms. The third-order valence-corrected chi connectivity index (χ3v) is 4.53. The Morgan fingerprint density at radius 2 is 1.73 bits per heavy atom. The van der Waals surface area contributed by atoms with Crippen molar-refractivity contribution in [1.82, 2.24) is 4.98 Å². The first-order valence-corrected chi connectivity index (χ1v) is 8.82. The highest BCUT2D eigenvalue weighted by Crippen LogP contribution is 2.26. The normalized spacial score (nSPS) is 10.5. The number of rotatable bonds is 4. The van der Waals surface area contributed by atoms with Crippen molar-refractivity contribution in [2.75, 3.05) is 10.6 Å². The molecule has 0 radical (unpaired) electrons. The van der Waals surface area contributed by atoms with Crippen molar-refractivity contribution in [3.05, 3.63) is 80.9 Å². The highest BCUT2D eigenvalue weighted by atomic mass is 35.5. The van der Waals surface area contributed by atoms with Gasteiger partial charge < -0.3 is 10.6 Å². The van der Waals surface area contributed by atoms with Crippen LogP contribution in [0.3, 0.4) is 0 Å². The van der Waals surface area contributed by atoms with Crippen molar-refractivity contribution >= 4 is 57.9 Å². The molecule has 1 heterocycles. The number of anilines is 3. The predicted molar refractivity (Wildman–Crippen MR) is 108 cm³/mol. The Balaban J connectivity index is 1.72. The first-order chi connectivity index (χ1) is 12.4. The van der Waals surface area contributed by atoms with E-state index in [0.29, 0.717) is 26.6 Å². The Labute approximate surface area is 166 Å². The number of pyridine rings is 1. The van der Waals surface area contributed by atoms with Crippen LogP contribution >= 0.6 is 34.8 Å². The molecule has 0 aliphatic carbocycles. The second-order valence-electron chi connectivity index (χ2n) is 5.57. The van der Waals surface area contributed by atoms with E-state index in [1.54, 1.807) is 42.6 Å². The molecule has 0 spiro atoms. The summed E-state index contributed by atoms with van der Waals surface area (Å²) in [5.41, 5.74) is 2.67. The van der Waals surface area contributed by atoms with Gasteiger partial charge in [0.15, 0.2) is 0 Å². The fourth-order valence-electron chi connectivity index (χ4n) is 2.36. The zero-order chi connectivity index (χ0) is 18.7. The van der Waals surface area contributed by atoms with Crippen molar-refractivity contribution in [1.29, 1.82) is 0 Å². The highest BCUT2D eigenvalue weighted by molar-refractivity contribution is 6.40. The zero-order valence-corrected chi connectivity index (χ0v) is 16.0. The molecule has 1 aromatic heterocycles. The highest BCUT2D eigenvalue weighted by Gasteiger charge is 2.14. The largest absolute Gasteiger partial charge is 0.340 e. The number of halogens is 3. The number of nitrogens with one attached hydrogen (secondary N) is 2. The fourth-order valence-corrected chi connectivity index (χ4v) is 3.15. The maximum Gasteiger partial charge on any atom is 0.258 e. The Morgan fingerprint density at radius 1 is 1.00 bits per heavy atom. The van der Waals surface area contributed by atoms with Crippen LogP contribution in [0.5, 0.6) is 0 Å². The molecule has 7 heteroatoms. The number of carbonyl (C=O) groups is 1. The van der Waals surface area contributed by atoms with E-state index in [-0.39, 0.29) is 5.56 Å². The van der Waals surface area contributed by atoms with Crippen molar-refractivity contribution < 1.29 is 4.79 Å². The molecule has 3 aromatic rings. The number of hydrogen-bond donors (Lipinski definition) is 2. The van der Waals surface area contributed by atoms with Gasteiger partial charge in [-0.25, -0.2) is 4.98 Å². The van der Waals surface area contributed by atoms with Crippen molar-refractivity contribution in [3.8, 4) is 0 Å². The molecule has 2 N–H and O–H groups in total. The van der Waals surface area contributed by atoms with Gasteiger partial charge in [0.1, 0.15) is 5.82 Å². The molecule has 0 fully saturated rings. The molecule has 0 aliphatic rings. The third-order valence-electron chi connectivity index (χ3n) is 3.66. The standard InChI is InChI=1S/C19H14Cl3N3O/c1-11-9-12(20)5-7-16(11)25-17-8-6-13(10-23-17)24-19(26)18-14(21)3-2-4-15(18)22/h2-10H,1H3,(H,23,25)(H,24,26). The van der Waals surface area contributed by atoms with Gasteiger partial charge in [-0.15, -0.1) is 0 Å². The lowest BCUT2D eigenvalue weighted by Crippen LogP contribution is -2.13. The number of nitrogens with zero attached hydrogens (tertiary/aromatic N) is 1. The van der Waals surface area contributed by atoms with Gasteiger partial charge in [0, 0.05) is 10.7 Å². The summed E-state index contributed by atoms with van der Waals surface area (Å²) >= 11 is 18.1. The lowest BCUT2D eigenvalue weighted by molar-refractivity contribution is 0.102. The first kappa shape index (κ1) is 18.5. The Kier molecular flexibility index (Phi) is 5.67. The minimum Gasteiger partial charge on any atom is -0.340 e. The number of benzene rings is 2. The molecule has 3 rings (SSSR count). The molecule has 2 aromatic carbocycles. The molecule has 0 aliphatic heterocycles. The molecule has 0 bridgehead atoms. The molecule has 1 amide bonds. The number of amides is 1. The Hall–Kier alpha value is -2.27. The van der Waals surface area contributed by atoms with E-state index in [1.165, 1.54) is 0 Å². The average Bonchev–Trinajstić information content (AvgIpc) is 2.59. The summed E-state index contributed by atoms with van der Waals surface area (Å²) in [7, 11) is 0. The van der Waals surface area contributed by atoms with Crippen LogP contribution in [-0.2, 0) is 0 Å². The monoisotopic (exact) mass is 405 g/mol. The van der Waals surface area contributed by atoms with E-state index < -0.39 is 5.91 Å². The lowest BCUT2D eigenvalue weighted by atomic mass is 10.2. The first-order valence-electron chi connectivity index (χ1n) is 7.68. The maximum absolute atomic E-state index is 12.4.